The molecule has 1 unspecified atom stereocenters. The lowest BCUT2D eigenvalue weighted by molar-refractivity contribution is -0.138. The number of fused-ring (bicyclic) bond motifs is 1. The summed E-state index contributed by atoms with van der Waals surface area (Å²) in [7, 11) is 0. The number of ether oxygens (including phenoxy) is 1. The number of halogens is 3. The minimum absolute atomic E-state index is 0.0397. The van der Waals surface area contributed by atoms with Gasteiger partial charge in [0, 0.05) is 38.3 Å². The van der Waals surface area contributed by atoms with Gasteiger partial charge in [0.15, 0.2) is 0 Å². The molecule has 44 heavy (non-hydrogen) atoms. The topological polar surface area (TPSA) is 131 Å². The zero-order valence-corrected chi connectivity index (χ0v) is 23.2. The molecule has 4 aromatic rings. The summed E-state index contributed by atoms with van der Waals surface area (Å²) in [6, 6.07) is 15.2. The monoisotopic (exact) mass is 602 g/mol. The molecule has 2 aromatic heterocycles. The van der Waals surface area contributed by atoms with Crippen molar-refractivity contribution in [3.8, 4) is 11.8 Å². The molecule has 1 fully saturated rings. The number of anilines is 2. The third-order valence-corrected chi connectivity index (χ3v) is 7.67. The van der Waals surface area contributed by atoms with Crippen LogP contribution in [0.5, 0.6) is 5.75 Å². The van der Waals surface area contributed by atoms with Crippen molar-refractivity contribution < 1.29 is 22.7 Å². The summed E-state index contributed by atoms with van der Waals surface area (Å²) in [5.41, 5.74) is -0.604. The molecule has 11 nitrogen and oxygen atoms in total. The highest BCUT2D eigenvalue weighted by molar-refractivity contribution is 5.94. The molecular weight excluding hydrogens is 577 g/mol. The van der Waals surface area contributed by atoms with Gasteiger partial charge in [0.2, 0.25) is 5.95 Å². The first-order valence-corrected chi connectivity index (χ1v) is 13.7. The molecule has 2 aliphatic heterocycles. The van der Waals surface area contributed by atoms with E-state index >= 15 is 0 Å². The number of benzene rings is 2. The molecule has 2 aromatic carbocycles. The van der Waals surface area contributed by atoms with Crippen LogP contribution in [0, 0.1) is 11.3 Å². The molecule has 14 heteroatoms. The predicted molar refractivity (Wildman–Crippen MR) is 152 cm³/mol. The van der Waals surface area contributed by atoms with Crippen molar-refractivity contribution in [1.82, 2.24) is 25.1 Å². The summed E-state index contributed by atoms with van der Waals surface area (Å²) < 4.78 is 47.8. The summed E-state index contributed by atoms with van der Waals surface area (Å²) in [4.78, 5) is 39.1. The fourth-order valence-corrected chi connectivity index (χ4v) is 5.51. The molecular formula is C30H25F3N8O3. The number of carbonyl (C=O) groups is 1. The predicted octanol–water partition coefficient (Wildman–Crippen LogP) is 3.55. The summed E-state index contributed by atoms with van der Waals surface area (Å²) in [5, 5.41) is 14.5. The van der Waals surface area contributed by atoms with Gasteiger partial charge >= 0.3 is 6.18 Å². The highest BCUT2D eigenvalue weighted by Gasteiger charge is 2.42. The van der Waals surface area contributed by atoms with Crippen molar-refractivity contribution >= 4 is 17.5 Å². The number of amides is 1. The van der Waals surface area contributed by atoms with E-state index in [4.69, 9.17) is 10.00 Å². The highest BCUT2D eigenvalue weighted by atomic mass is 19.4. The first-order chi connectivity index (χ1) is 21.2. The van der Waals surface area contributed by atoms with Crippen LogP contribution in [-0.4, -0.2) is 63.8 Å². The van der Waals surface area contributed by atoms with E-state index in [0.717, 1.165) is 17.3 Å². The van der Waals surface area contributed by atoms with Crippen LogP contribution in [0.3, 0.4) is 0 Å². The molecule has 6 rings (SSSR count). The maximum Gasteiger partial charge on any atom is 0.423 e. The zero-order valence-electron chi connectivity index (χ0n) is 23.2. The average Bonchev–Trinajstić information content (AvgIpc) is 3.41. The van der Waals surface area contributed by atoms with Crippen molar-refractivity contribution in [2.75, 3.05) is 42.6 Å². The summed E-state index contributed by atoms with van der Waals surface area (Å²) in [6.45, 7) is 2.00. The van der Waals surface area contributed by atoms with Gasteiger partial charge in [0.25, 0.3) is 11.5 Å². The molecule has 0 aliphatic carbocycles. The second-order valence-electron chi connectivity index (χ2n) is 10.3. The molecule has 224 valence electrons. The number of hydrogen-bond acceptors (Lipinski definition) is 9. The Labute approximate surface area is 249 Å². The van der Waals surface area contributed by atoms with Gasteiger partial charge in [0.1, 0.15) is 24.0 Å². The largest absolute Gasteiger partial charge is 0.491 e. The Morgan fingerprint density at radius 3 is 2.52 bits per heavy atom. The van der Waals surface area contributed by atoms with Gasteiger partial charge in [-0.3, -0.25) is 9.59 Å². The first kappa shape index (κ1) is 28.7. The number of piperazine rings is 1. The van der Waals surface area contributed by atoms with E-state index in [9.17, 15) is 22.8 Å². The number of carbonyl (C=O) groups excluding carboxylic acids is 1. The number of nitriles is 1. The van der Waals surface area contributed by atoms with Gasteiger partial charge in [0.05, 0.1) is 35.9 Å². The van der Waals surface area contributed by atoms with Crippen LogP contribution in [0.15, 0.2) is 71.9 Å². The zero-order chi connectivity index (χ0) is 30.8. The van der Waals surface area contributed by atoms with Crippen LogP contribution in [0.25, 0.3) is 0 Å². The molecule has 0 bridgehead atoms. The maximum absolute atomic E-state index is 13.9. The lowest BCUT2D eigenvalue weighted by atomic mass is 10.1. The second kappa shape index (κ2) is 11.7. The fourth-order valence-electron chi connectivity index (χ4n) is 5.51. The maximum atomic E-state index is 13.9. The molecule has 1 atom stereocenters. The van der Waals surface area contributed by atoms with Gasteiger partial charge in [-0.05, 0) is 29.3 Å². The Bertz CT molecular complexity index is 1780. The Balaban J connectivity index is 1.16. The summed E-state index contributed by atoms with van der Waals surface area (Å²) in [6.07, 6.45) is -0.961. The van der Waals surface area contributed by atoms with Gasteiger partial charge < -0.3 is 19.4 Å². The quantitative estimate of drug-likeness (QED) is 0.352. The van der Waals surface area contributed by atoms with E-state index in [1.807, 2.05) is 28.2 Å². The van der Waals surface area contributed by atoms with Crippen LogP contribution in [-0.2, 0) is 12.7 Å². The molecule has 1 N–H and O–H groups in total. The van der Waals surface area contributed by atoms with Crippen LogP contribution >= 0.6 is 0 Å². The van der Waals surface area contributed by atoms with E-state index in [0.29, 0.717) is 49.0 Å². The van der Waals surface area contributed by atoms with Gasteiger partial charge in [-0.2, -0.15) is 23.5 Å². The van der Waals surface area contributed by atoms with Crippen molar-refractivity contribution in [3.63, 3.8) is 0 Å². The number of rotatable bonds is 6. The van der Waals surface area contributed by atoms with Crippen LogP contribution in [0.2, 0.25) is 0 Å². The normalized spacial score (nSPS) is 16.4. The first-order valence-electron chi connectivity index (χ1n) is 13.7. The standard InChI is InChI=1S/C30H25F3N8O3/c31-30(32,33)26-24(16-37-38-27(26)42)41-17-21-4-1-2-7-23(21)25(41)18-44-22-6-3-5-20(12-22)28(43)39-8-10-40(11-9-39)29-35-14-19(13-34)15-36-29/h1-7,12,14-16,25H,8-11,17-18H2,(H,38,42). The van der Waals surface area contributed by atoms with E-state index in [1.165, 1.54) is 17.3 Å². The molecule has 1 amide bonds. The molecule has 0 spiro atoms. The SMILES string of the molecule is N#Cc1cnc(N2CCN(C(=O)c3cccc(OCC4c5ccccc5CN4c4cn[nH]c(=O)c4C(F)(F)F)c3)CC2)nc1. The molecule has 0 radical (unpaired) electrons. The lowest BCUT2D eigenvalue weighted by Gasteiger charge is -2.34. The Hall–Kier alpha value is -5.45. The molecule has 1 saturated heterocycles. The van der Waals surface area contributed by atoms with E-state index in [2.05, 4.69) is 15.1 Å². The smallest absolute Gasteiger partial charge is 0.423 e. The van der Waals surface area contributed by atoms with Crippen molar-refractivity contribution in [1.29, 1.82) is 5.26 Å². The van der Waals surface area contributed by atoms with Crippen LogP contribution < -0.4 is 20.1 Å². The van der Waals surface area contributed by atoms with Gasteiger partial charge in [-0.15, -0.1) is 0 Å². The van der Waals surface area contributed by atoms with Gasteiger partial charge in [-0.1, -0.05) is 30.3 Å². The highest BCUT2D eigenvalue weighted by Crippen LogP contribution is 2.42. The van der Waals surface area contributed by atoms with Crippen molar-refractivity contribution in [2.24, 2.45) is 0 Å². The van der Waals surface area contributed by atoms with E-state index in [1.54, 1.807) is 41.3 Å². The van der Waals surface area contributed by atoms with Crippen LogP contribution in [0.4, 0.5) is 24.8 Å². The molecule has 2 aliphatic rings. The number of nitrogens with one attached hydrogen (secondary N) is 1. The number of alkyl halides is 3. The Morgan fingerprint density at radius 1 is 1.05 bits per heavy atom. The lowest BCUT2D eigenvalue weighted by Crippen LogP contribution is -2.49. The number of hydrogen-bond donors (Lipinski definition) is 1. The van der Waals surface area contributed by atoms with E-state index in [-0.39, 0.29) is 24.7 Å². The summed E-state index contributed by atoms with van der Waals surface area (Å²) >= 11 is 0. The minimum atomic E-state index is -4.89. The average molecular weight is 603 g/mol. The third kappa shape index (κ3) is 5.63. The fraction of sp³-hybridized carbons (Fsp3) is 0.267. The molecule has 4 heterocycles. The van der Waals surface area contributed by atoms with Gasteiger partial charge in [-0.25, -0.2) is 15.1 Å². The minimum Gasteiger partial charge on any atom is -0.491 e. The number of nitrogens with zero attached hydrogens (tertiary/aromatic N) is 7. The van der Waals surface area contributed by atoms with E-state index < -0.39 is 23.3 Å². The number of aromatic nitrogens is 4. The summed E-state index contributed by atoms with van der Waals surface area (Å²) in [5.74, 6) is 0.685. The number of H-pyrrole nitrogens is 1. The Morgan fingerprint density at radius 2 is 1.80 bits per heavy atom. The van der Waals surface area contributed by atoms with Crippen molar-refractivity contribution in [2.45, 2.75) is 18.8 Å². The number of aromatic amines is 1. The second-order valence-corrected chi connectivity index (χ2v) is 10.3. The van der Waals surface area contributed by atoms with Crippen molar-refractivity contribution in [3.05, 3.63) is 105 Å². The third-order valence-electron chi connectivity index (χ3n) is 7.67. The Kier molecular flexibility index (Phi) is 7.60. The molecule has 0 saturated carbocycles. The van der Waals surface area contributed by atoms with Crippen LogP contribution in [0.1, 0.15) is 38.7 Å².